The minimum Gasteiger partial charge on any atom is -0.393 e. The molecule has 2 N–H and O–H groups in total. The third-order valence-corrected chi connectivity index (χ3v) is 4.39. The van der Waals surface area contributed by atoms with Crippen LogP contribution in [0.15, 0.2) is 0 Å². The summed E-state index contributed by atoms with van der Waals surface area (Å²) in [5.74, 6) is 0. The molecule has 0 aromatic heterocycles. The highest BCUT2D eigenvalue weighted by atomic mass is 16.5. The number of aliphatic hydroxyl groups excluding tert-OH is 1. The minimum atomic E-state index is -0.136. The molecule has 0 amide bonds. The van der Waals surface area contributed by atoms with Crippen molar-refractivity contribution >= 4 is 0 Å². The molecule has 1 heterocycles. The van der Waals surface area contributed by atoms with Gasteiger partial charge in [0.15, 0.2) is 0 Å². The molecule has 100 valence electrons. The fourth-order valence-corrected chi connectivity index (χ4v) is 3.23. The molecule has 1 saturated heterocycles. The van der Waals surface area contributed by atoms with Crippen molar-refractivity contribution in [3.8, 4) is 0 Å². The van der Waals surface area contributed by atoms with E-state index in [0.717, 1.165) is 32.4 Å². The second-order valence-electron chi connectivity index (χ2n) is 5.73. The molecule has 0 bridgehead atoms. The van der Waals surface area contributed by atoms with Crippen LogP contribution in [0, 0.1) is 0 Å². The van der Waals surface area contributed by atoms with Crippen LogP contribution in [0.1, 0.15) is 58.3 Å². The summed E-state index contributed by atoms with van der Waals surface area (Å²) in [6.45, 7) is 3.89. The highest BCUT2D eigenvalue weighted by Crippen LogP contribution is 2.39. The van der Waals surface area contributed by atoms with Crippen LogP contribution in [0.5, 0.6) is 0 Å². The molecule has 2 fully saturated rings. The van der Waals surface area contributed by atoms with E-state index >= 15 is 0 Å². The van der Waals surface area contributed by atoms with E-state index in [1.54, 1.807) is 0 Å². The number of rotatable bonds is 5. The number of hydrogen-bond acceptors (Lipinski definition) is 3. The standard InChI is InChI=1S/C14H27NO2/c1-2-13(16)5-9-15-12-6-10-17-14(11-12)7-3-4-8-14/h12-13,15-16H,2-11H2,1H3. The molecule has 3 heteroatoms. The van der Waals surface area contributed by atoms with Gasteiger partial charge in [-0.25, -0.2) is 0 Å². The van der Waals surface area contributed by atoms with Crippen LogP contribution >= 0.6 is 0 Å². The third-order valence-electron chi connectivity index (χ3n) is 4.39. The van der Waals surface area contributed by atoms with Gasteiger partial charge in [-0.15, -0.1) is 0 Å². The number of nitrogens with one attached hydrogen (secondary N) is 1. The summed E-state index contributed by atoms with van der Waals surface area (Å²) in [7, 11) is 0. The summed E-state index contributed by atoms with van der Waals surface area (Å²) in [4.78, 5) is 0. The van der Waals surface area contributed by atoms with Gasteiger partial charge in [0, 0.05) is 12.6 Å². The molecule has 1 spiro atoms. The van der Waals surface area contributed by atoms with E-state index in [4.69, 9.17) is 4.74 Å². The first-order chi connectivity index (χ1) is 8.24. The molecule has 2 aliphatic rings. The van der Waals surface area contributed by atoms with Crippen LogP contribution < -0.4 is 5.32 Å². The lowest BCUT2D eigenvalue weighted by atomic mass is 9.89. The molecule has 2 rings (SSSR count). The maximum absolute atomic E-state index is 9.53. The monoisotopic (exact) mass is 241 g/mol. The summed E-state index contributed by atoms with van der Waals surface area (Å²) < 4.78 is 6.02. The molecular formula is C14H27NO2. The van der Waals surface area contributed by atoms with Crippen molar-refractivity contribution in [2.45, 2.75) is 76.0 Å². The zero-order chi connectivity index (χ0) is 12.1. The van der Waals surface area contributed by atoms with Gasteiger partial charge in [0.1, 0.15) is 0 Å². The lowest BCUT2D eigenvalue weighted by Crippen LogP contribution is -2.46. The van der Waals surface area contributed by atoms with Gasteiger partial charge in [-0.3, -0.25) is 0 Å². The van der Waals surface area contributed by atoms with Crippen LogP contribution in [0.25, 0.3) is 0 Å². The lowest BCUT2D eigenvalue weighted by Gasteiger charge is -2.38. The minimum absolute atomic E-state index is 0.136. The van der Waals surface area contributed by atoms with Crippen molar-refractivity contribution in [2.75, 3.05) is 13.2 Å². The molecule has 0 aromatic carbocycles. The van der Waals surface area contributed by atoms with Crippen molar-refractivity contribution < 1.29 is 9.84 Å². The number of aliphatic hydroxyl groups is 1. The van der Waals surface area contributed by atoms with E-state index in [-0.39, 0.29) is 11.7 Å². The Bertz CT molecular complexity index is 226. The van der Waals surface area contributed by atoms with Crippen molar-refractivity contribution in [1.82, 2.24) is 5.32 Å². The van der Waals surface area contributed by atoms with Crippen LogP contribution in [-0.2, 0) is 4.74 Å². The first-order valence-electron chi connectivity index (χ1n) is 7.29. The van der Waals surface area contributed by atoms with Gasteiger partial charge in [0.2, 0.25) is 0 Å². The van der Waals surface area contributed by atoms with Crippen molar-refractivity contribution in [2.24, 2.45) is 0 Å². The predicted molar refractivity (Wildman–Crippen MR) is 69.1 cm³/mol. The normalized spacial score (nSPS) is 29.6. The smallest absolute Gasteiger partial charge is 0.0697 e. The number of ether oxygens (including phenoxy) is 1. The van der Waals surface area contributed by atoms with E-state index in [2.05, 4.69) is 5.32 Å². The molecule has 0 aromatic rings. The zero-order valence-corrected chi connectivity index (χ0v) is 11.1. The fraction of sp³-hybridized carbons (Fsp3) is 1.00. The van der Waals surface area contributed by atoms with Gasteiger partial charge >= 0.3 is 0 Å². The summed E-state index contributed by atoms with van der Waals surface area (Å²) in [5.41, 5.74) is 0.208. The highest BCUT2D eigenvalue weighted by Gasteiger charge is 2.39. The van der Waals surface area contributed by atoms with Crippen LogP contribution in [0.3, 0.4) is 0 Å². The van der Waals surface area contributed by atoms with Crippen LogP contribution in [0.2, 0.25) is 0 Å². The van der Waals surface area contributed by atoms with Gasteiger partial charge in [-0.05, 0) is 45.1 Å². The Morgan fingerprint density at radius 2 is 2.18 bits per heavy atom. The van der Waals surface area contributed by atoms with Gasteiger partial charge in [0.05, 0.1) is 11.7 Å². The average Bonchev–Trinajstić information content (AvgIpc) is 2.77. The molecule has 1 saturated carbocycles. The summed E-state index contributed by atoms with van der Waals surface area (Å²) in [6.07, 6.45) is 9.08. The first kappa shape index (κ1) is 13.3. The van der Waals surface area contributed by atoms with Crippen molar-refractivity contribution in [3.63, 3.8) is 0 Å². The quantitative estimate of drug-likeness (QED) is 0.775. The number of hydrogen-bond donors (Lipinski definition) is 2. The van der Waals surface area contributed by atoms with Gasteiger partial charge in [-0.2, -0.15) is 0 Å². The van der Waals surface area contributed by atoms with Gasteiger partial charge in [0.25, 0.3) is 0 Å². The SMILES string of the molecule is CCC(O)CCNC1CCOC2(CCCC2)C1. The highest BCUT2D eigenvalue weighted by molar-refractivity contribution is 4.93. The molecule has 3 nitrogen and oxygen atoms in total. The molecule has 2 unspecified atom stereocenters. The second-order valence-corrected chi connectivity index (χ2v) is 5.73. The van der Waals surface area contributed by atoms with E-state index in [1.807, 2.05) is 6.92 Å². The van der Waals surface area contributed by atoms with E-state index in [9.17, 15) is 5.11 Å². The Morgan fingerprint density at radius 1 is 1.41 bits per heavy atom. The van der Waals surface area contributed by atoms with E-state index < -0.39 is 0 Å². The summed E-state index contributed by atoms with van der Waals surface area (Å²) >= 11 is 0. The maximum Gasteiger partial charge on any atom is 0.0697 e. The Labute approximate surface area is 105 Å². The Hall–Kier alpha value is -0.120. The summed E-state index contributed by atoms with van der Waals surface area (Å²) in [5, 5.41) is 13.1. The second kappa shape index (κ2) is 6.17. The van der Waals surface area contributed by atoms with E-state index in [0.29, 0.717) is 6.04 Å². The van der Waals surface area contributed by atoms with Crippen LogP contribution in [0.4, 0.5) is 0 Å². The van der Waals surface area contributed by atoms with Gasteiger partial charge < -0.3 is 15.2 Å². The van der Waals surface area contributed by atoms with Gasteiger partial charge in [-0.1, -0.05) is 19.8 Å². The largest absolute Gasteiger partial charge is 0.393 e. The maximum atomic E-state index is 9.53. The predicted octanol–water partition coefficient (Wildman–Crippen LogP) is 2.23. The summed E-state index contributed by atoms with van der Waals surface area (Å²) in [6, 6.07) is 0.603. The zero-order valence-electron chi connectivity index (χ0n) is 11.1. The van der Waals surface area contributed by atoms with Crippen molar-refractivity contribution in [1.29, 1.82) is 0 Å². The fourth-order valence-electron chi connectivity index (χ4n) is 3.23. The lowest BCUT2D eigenvalue weighted by molar-refractivity contribution is -0.0837. The van der Waals surface area contributed by atoms with E-state index in [1.165, 1.54) is 32.1 Å². The molecule has 1 aliphatic carbocycles. The molecule has 0 radical (unpaired) electrons. The molecular weight excluding hydrogens is 214 g/mol. The molecule has 2 atom stereocenters. The Morgan fingerprint density at radius 3 is 2.88 bits per heavy atom. The average molecular weight is 241 g/mol. The van der Waals surface area contributed by atoms with Crippen LogP contribution in [-0.4, -0.2) is 36.0 Å². The molecule has 17 heavy (non-hydrogen) atoms. The topological polar surface area (TPSA) is 41.5 Å². The Balaban J connectivity index is 1.70. The molecule has 1 aliphatic heterocycles. The Kier molecular flexibility index (Phi) is 4.83. The van der Waals surface area contributed by atoms with Crippen molar-refractivity contribution in [3.05, 3.63) is 0 Å². The first-order valence-corrected chi connectivity index (χ1v) is 7.29. The third kappa shape index (κ3) is 3.67.